The van der Waals surface area contributed by atoms with E-state index in [0.29, 0.717) is 17.2 Å². The zero-order chi connectivity index (χ0) is 11.0. The summed E-state index contributed by atoms with van der Waals surface area (Å²) in [6, 6.07) is 0. The molecule has 3 heteroatoms. The predicted molar refractivity (Wildman–Crippen MR) is 63.1 cm³/mol. The molecule has 3 nitrogen and oxygen atoms in total. The summed E-state index contributed by atoms with van der Waals surface area (Å²) in [6.45, 7) is 4.33. The van der Waals surface area contributed by atoms with E-state index in [2.05, 4.69) is 10.2 Å². The van der Waals surface area contributed by atoms with Crippen molar-refractivity contribution in [1.29, 1.82) is 0 Å². The average molecular weight is 222 g/mol. The lowest BCUT2D eigenvalue weighted by molar-refractivity contribution is -0.136. The van der Waals surface area contributed by atoms with Crippen molar-refractivity contribution in [3.8, 4) is 0 Å². The zero-order valence-electron chi connectivity index (χ0n) is 10.0. The lowest BCUT2D eigenvalue weighted by Crippen LogP contribution is -2.52. The molecule has 1 atom stereocenters. The Morgan fingerprint density at radius 1 is 1.25 bits per heavy atom. The topological polar surface area (TPSA) is 32.3 Å². The molecule has 3 rings (SSSR count). The fraction of sp³-hybridized carbons (Fsp3) is 0.923. The first-order chi connectivity index (χ1) is 7.79. The Labute approximate surface area is 97.6 Å². The third-order valence-electron chi connectivity index (χ3n) is 4.46. The lowest BCUT2D eigenvalue weighted by Gasteiger charge is -2.45. The van der Waals surface area contributed by atoms with Gasteiger partial charge in [0, 0.05) is 31.0 Å². The second-order valence-corrected chi connectivity index (χ2v) is 5.92. The van der Waals surface area contributed by atoms with Crippen LogP contribution in [0.2, 0.25) is 0 Å². The number of carbonyl (C=O) groups excluding carboxylic acids is 1. The molecular weight excluding hydrogens is 200 g/mol. The lowest BCUT2D eigenvalue weighted by atomic mass is 9.74. The first-order valence-electron chi connectivity index (χ1n) is 6.79. The van der Waals surface area contributed by atoms with E-state index in [-0.39, 0.29) is 0 Å². The highest BCUT2D eigenvalue weighted by atomic mass is 16.2. The Kier molecular flexibility index (Phi) is 2.66. The van der Waals surface area contributed by atoms with Crippen LogP contribution in [0.25, 0.3) is 0 Å². The van der Waals surface area contributed by atoms with Gasteiger partial charge in [-0.2, -0.15) is 0 Å². The van der Waals surface area contributed by atoms with Crippen molar-refractivity contribution in [2.24, 2.45) is 11.3 Å². The molecule has 1 unspecified atom stereocenters. The van der Waals surface area contributed by atoms with E-state index < -0.39 is 0 Å². The quantitative estimate of drug-likeness (QED) is 0.727. The number of piperidine rings is 2. The van der Waals surface area contributed by atoms with Crippen LogP contribution in [0.4, 0.5) is 0 Å². The molecule has 0 radical (unpaired) electrons. The minimum absolute atomic E-state index is 0.395. The van der Waals surface area contributed by atoms with E-state index in [1.54, 1.807) is 0 Å². The minimum Gasteiger partial charge on any atom is -0.342 e. The van der Waals surface area contributed by atoms with Gasteiger partial charge in [-0.15, -0.1) is 0 Å². The van der Waals surface area contributed by atoms with Gasteiger partial charge in [-0.1, -0.05) is 0 Å². The van der Waals surface area contributed by atoms with Gasteiger partial charge in [0.05, 0.1) is 0 Å². The van der Waals surface area contributed by atoms with Gasteiger partial charge in [0.1, 0.15) is 0 Å². The van der Waals surface area contributed by atoms with Gasteiger partial charge in [-0.25, -0.2) is 0 Å². The van der Waals surface area contributed by atoms with Gasteiger partial charge in [-0.3, -0.25) is 4.79 Å². The molecule has 2 saturated heterocycles. The van der Waals surface area contributed by atoms with Crippen molar-refractivity contribution in [3.05, 3.63) is 0 Å². The van der Waals surface area contributed by atoms with Crippen LogP contribution in [-0.2, 0) is 4.79 Å². The third kappa shape index (κ3) is 1.97. The number of hydrogen-bond acceptors (Lipinski definition) is 2. The Hall–Kier alpha value is -0.570. The maximum Gasteiger partial charge on any atom is 0.225 e. The van der Waals surface area contributed by atoms with Crippen LogP contribution in [-0.4, -0.2) is 37.0 Å². The standard InChI is InChI=1S/C13H22N2O/c16-12(11-3-4-11)15-8-2-6-13(10-15)5-1-7-14-9-13/h11,14H,1-10H2. The number of likely N-dealkylation sites (tertiary alicyclic amines) is 1. The minimum atomic E-state index is 0.395. The van der Waals surface area contributed by atoms with Crippen molar-refractivity contribution in [1.82, 2.24) is 10.2 Å². The summed E-state index contributed by atoms with van der Waals surface area (Å²) in [7, 11) is 0. The van der Waals surface area contributed by atoms with Crippen LogP contribution < -0.4 is 5.32 Å². The molecular formula is C13H22N2O. The molecule has 1 aliphatic carbocycles. The molecule has 16 heavy (non-hydrogen) atoms. The molecule has 0 aromatic carbocycles. The zero-order valence-corrected chi connectivity index (χ0v) is 10.0. The second kappa shape index (κ2) is 4.02. The van der Waals surface area contributed by atoms with Crippen LogP contribution in [0.15, 0.2) is 0 Å². The van der Waals surface area contributed by atoms with E-state index in [1.807, 2.05) is 0 Å². The van der Waals surface area contributed by atoms with E-state index in [9.17, 15) is 4.79 Å². The van der Waals surface area contributed by atoms with Gasteiger partial charge in [0.2, 0.25) is 5.91 Å². The maximum absolute atomic E-state index is 12.1. The molecule has 1 N–H and O–H groups in total. The van der Waals surface area contributed by atoms with Crippen molar-refractivity contribution in [3.63, 3.8) is 0 Å². The van der Waals surface area contributed by atoms with Gasteiger partial charge in [0.25, 0.3) is 0 Å². The fourth-order valence-corrected chi connectivity index (χ4v) is 3.36. The van der Waals surface area contributed by atoms with Crippen LogP contribution in [0.5, 0.6) is 0 Å². The van der Waals surface area contributed by atoms with Crippen LogP contribution in [0.1, 0.15) is 38.5 Å². The number of hydrogen-bond donors (Lipinski definition) is 1. The Balaban J connectivity index is 1.66. The first-order valence-corrected chi connectivity index (χ1v) is 6.79. The molecule has 3 aliphatic rings. The summed E-state index contributed by atoms with van der Waals surface area (Å²) in [5, 5.41) is 3.51. The Morgan fingerprint density at radius 2 is 2.06 bits per heavy atom. The average Bonchev–Trinajstić information content (AvgIpc) is 3.13. The molecule has 3 fully saturated rings. The molecule has 1 amide bonds. The highest BCUT2D eigenvalue weighted by Gasteiger charge is 2.41. The van der Waals surface area contributed by atoms with Crippen molar-refractivity contribution in [2.75, 3.05) is 26.2 Å². The van der Waals surface area contributed by atoms with Gasteiger partial charge >= 0.3 is 0 Å². The summed E-state index contributed by atoms with van der Waals surface area (Å²) in [5.74, 6) is 0.844. The Morgan fingerprint density at radius 3 is 2.75 bits per heavy atom. The number of carbonyl (C=O) groups is 1. The molecule has 2 aliphatic heterocycles. The molecule has 2 heterocycles. The fourth-order valence-electron chi connectivity index (χ4n) is 3.36. The van der Waals surface area contributed by atoms with E-state index in [4.69, 9.17) is 0 Å². The highest BCUT2D eigenvalue weighted by molar-refractivity contribution is 5.81. The molecule has 0 aromatic heterocycles. The molecule has 1 saturated carbocycles. The first kappa shape index (κ1) is 10.6. The van der Waals surface area contributed by atoms with E-state index in [1.165, 1.54) is 32.2 Å². The largest absolute Gasteiger partial charge is 0.342 e. The molecule has 1 spiro atoms. The summed E-state index contributed by atoms with van der Waals surface area (Å²) < 4.78 is 0. The number of rotatable bonds is 1. The van der Waals surface area contributed by atoms with Crippen LogP contribution >= 0.6 is 0 Å². The smallest absolute Gasteiger partial charge is 0.225 e. The van der Waals surface area contributed by atoms with Crippen molar-refractivity contribution >= 4 is 5.91 Å². The van der Waals surface area contributed by atoms with Gasteiger partial charge < -0.3 is 10.2 Å². The highest BCUT2D eigenvalue weighted by Crippen LogP contribution is 2.38. The summed E-state index contributed by atoms with van der Waals surface area (Å²) in [4.78, 5) is 14.3. The Bertz CT molecular complexity index is 274. The summed E-state index contributed by atoms with van der Waals surface area (Å²) in [6.07, 6.45) is 7.40. The third-order valence-corrected chi connectivity index (χ3v) is 4.46. The molecule has 0 aromatic rings. The predicted octanol–water partition coefficient (Wildman–Crippen LogP) is 1.39. The summed E-state index contributed by atoms with van der Waals surface area (Å²) in [5.41, 5.74) is 0.418. The molecule has 0 bridgehead atoms. The van der Waals surface area contributed by atoms with Gasteiger partial charge in [-0.05, 0) is 45.1 Å². The molecule has 90 valence electrons. The normalized spacial score (nSPS) is 35.4. The van der Waals surface area contributed by atoms with E-state index in [0.717, 1.165) is 32.5 Å². The number of nitrogens with zero attached hydrogens (tertiary/aromatic N) is 1. The second-order valence-electron chi connectivity index (χ2n) is 5.92. The van der Waals surface area contributed by atoms with Gasteiger partial charge in [0.15, 0.2) is 0 Å². The number of nitrogens with one attached hydrogen (secondary N) is 1. The summed E-state index contributed by atoms with van der Waals surface area (Å²) >= 11 is 0. The van der Waals surface area contributed by atoms with E-state index >= 15 is 0 Å². The maximum atomic E-state index is 12.1. The van der Waals surface area contributed by atoms with Crippen LogP contribution in [0.3, 0.4) is 0 Å². The van der Waals surface area contributed by atoms with Crippen molar-refractivity contribution in [2.45, 2.75) is 38.5 Å². The van der Waals surface area contributed by atoms with Crippen molar-refractivity contribution < 1.29 is 4.79 Å². The monoisotopic (exact) mass is 222 g/mol. The number of amides is 1. The van der Waals surface area contributed by atoms with Crippen LogP contribution in [0, 0.1) is 11.3 Å². The SMILES string of the molecule is O=C(C1CC1)N1CCCC2(CCCNC2)C1.